The number of methoxy groups -OCH3 is 1. The van der Waals surface area contributed by atoms with Crippen LogP contribution in [0.5, 0.6) is 5.75 Å². The van der Waals surface area contributed by atoms with Crippen LogP contribution in [-0.2, 0) is 14.6 Å². The van der Waals surface area contributed by atoms with Gasteiger partial charge in [0, 0.05) is 19.2 Å². The Morgan fingerprint density at radius 1 is 1.45 bits per heavy atom. The number of carbonyl (C=O) groups excluding carboxylic acids is 1. The largest absolute Gasteiger partial charge is 0.497 e. The zero-order chi connectivity index (χ0) is 14.8. The molecule has 1 aliphatic rings. The zero-order valence-electron chi connectivity index (χ0n) is 11.7. The molecule has 1 heterocycles. The lowest BCUT2D eigenvalue weighted by molar-refractivity contribution is -0.138. The summed E-state index contributed by atoms with van der Waals surface area (Å²) in [5.41, 5.74) is 1.03. The van der Waals surface area contributed by atoms with E-state index in [1.54, 1.807) is 12.0 Å². The molecule has 2 rings (SSSR count). The third-order valence-electron chi connectivity index (χ3n) is 3.51. The molecule has 5 nitrogen and oxygen atoms in total. The number of ether oxygens (including phenoxy) is 1. The Labute approximate surface area is 119 Å². The maximum atomic E-state index is 12.0. The van der Waals surface area contributed by atoms with Gasteiger partial charge in [0.1, 0.15) is 15.6 Å². The average molecular weight is 297 g/mol. The van der Waals surface area contributed by atoms with Crippen molar-refractivity contribution in [1.29, 1.82) is 0 Å². The third-order valence-corrected chi connectivity index (χ3v) is 4.45. The minimum atomic E-state index is -3.10. The summed E-state index contributed by atoms with van der Waals surface area (Å²) in [6.45, 7) is 0.685. The Balaban J connectivity index is 2.02. The highest BCUT2D eigenvalue weighted by molar-refractivity contribution is 7.90. The van der Waals surface area contributed by atoms with Gasteiger partial charge in [-0.15, -0.1) is 0 Å². The fraction of sp³-hybridized carbons (Fsp3) is 0.500. The van der Waals surface area contributed by atoms with Crippen molar-refractivity contribution in [3.8, 4) is 5.75 Å². The first-order valence-corrected chi connectivity index (χ1v) is 8.58. The summed E-state index contributed by atoms with van der Waals surface area (Å²) in [5, 5.41) is 0. The van der Waals surface area contributed by atoms with Crippen LogP contribution in [0.2, 0.25) is 0 Å². The maximum Gasteiger partial charge on any atom is 0.224 e. The summed E-state index contributed by atoms with van der Waals surface area (Å²) in [7, 11) is -1.49. The third kappa shape index (κ3) is 3.50. The molecule has 1 unspecified atom stereocenters. The van der Waals surface area contributed by atoms with Crippen molar-refractivity contribution in [2.24, 2.45) is 0 Å². The molecule has 1 aromatic carbocycles. The molecule has 6 heteroatoms. The van der Waals surface area contributed by atoms with Crippen molar-refractivity contribution >= 4 is 15.7 Å². The SMILES string of the molecule is COc1cccc(C2CCN2C(=O)CCS(C)(=O)=O)c1. The quantitative estimate of drug-likeness (QED) is 0.824. The Morgan fingerprint density at radius 3 is 2.75 bits per heavy atom. The van der Waals surface area contributed by atoms with E-state index in [1.807, 2.05) is 24.3 Å². The molecule has 0 spiro atoms. The van der Waals surface area contributed by atoms with E-state index in [4.69, 9.17) is 4.74 Å². The fourth-order valence-electron chi connectivity index (χ4n) is 2.30. The van der Waals surface area contributed by atoms with Gasteiger partial charge in [0.05, 0.1) is 18.9 Å². The highest BCUT2D eigenvalue weighted by atomic mass is 32.2. The summed E-state index contributed by atoms with van der Waals surface area (Å²) < 4.78 is 27.4. The molecule has 1 fully saturated rings. The molecule has 1 aromatic rings. The summed E-state index contributed by atoms with van der Waals surface area (Å²) >= 11 is 0. The standard InChI is InChI=1S/C14H19NO4S/c1-19-12-5-3-4-11(10-12)13-6-8-15(13)14(16)7-9-20(2,17)18/h3-5,10,13H,6-9H2,1-2H3. The van der Waals surface area contributed by atoms with Gasteiger partial charge in [0.2, 0.25) is 5.91 Å². The van der Waals surface area contributed by atoms with E-state index in [2.05, 4.69) is 0 Å². The number of nitrogens with zero attached hydrogens (tertiary/aromatic N) is 1. The van der Waals surface area contributed by atoms with Crippen LogP contribution in [0.25, 0.3) is 0 Å². The van der Waals surface area contributed by atoms with E-state index >= 15 is 0 Å². The van der Waals surface area contributed by atoms with Gasteiger partial charge < -0.3 is 9.64 Å². The molecule has 0 aromatic heterocycles. The van der Waals surface area contributed by atoms with Gasteiger partial charge in [-0.25, -0.2) is 8.42 Å². The molecule has 1 amide bonds. The summed E-state index contributed by atoms with van der Waals surface area (Å²) in [5.74, 6) is 0.570. The molecule has 110 valence electrons. The van der Waals surface area contributed by atoms with Crippen molar-refractivity contribution < 1.29 is 17.9 Å². The predicted octanol–water partition coefficient (Wildman–Crippen LogP) is 1.40. The summed E-state index contributed by atoms with van der Waals surface area (Å²) in [4.78, 5) is 13.8. The van der Waals surface area contributed by atoms with Crippen molar-refractivity contribution in [2.45, 2.75) is 18.9 Å². The average Bonchev–Trinajstić information content (AvgIpc) is 2.34. The van der Waals surface area contributed by atoms with Gasteiger partial charge in [-0.05, 0) is 24.1 Å². The minimum Gasteiger partial charge on any atom is -0.497 e. The second-order valence-corrected chi connectivity index (χ2v) is 7.31. The lowest BCUT2D eigenvalue weighted by Gasteiger charge is -2.41. The molecule has 0 aliphatic carbocycles. The molecule has 1 atom stereocenters. The van der Waals surface area contributed by atoms with Gasteiger partial charge in [-0.2, -0.15) is 0 Å². The van der Waals surface area contributed by atoms with Crippen LogP contribution in [0, 0.1) is 0 Å². The molecule has 0 saturated carbocycles. The smallest absolute Gasteiger partial charge is 0.224 e. The van der Waals surface area contributed by atoms with Crippen LogP contribution in [0.4, 0.5) is 0 Å². The van der Waals surface area contributed by atoms with E-state index in [1.165, 1.54) is 0 Å². The Bertz CT molecular complexity index is 597. The Hall–Kier alpha value is -1.56. The Kier molecular flexibility index (Phi) is 4.32. The van der Waals surface area contributed by atoms with Gasteiger partial charge in [0.15, 0.2) is 0 Å². The summed E-state index contributed by atoms with van der Waals surface area (Å²) in [6.07, 6.45) is 2.10. The fourth-order valence-corrected chi connectivity index (χ4v) is 2.84. The molecule has 1 saturated heterocycles. The number of hydrogen-bond donors (Lipinski definition) is 0. The van der Waals surface area contributed by atoms with E-state index in [0.29, 0.717) is 6.54 Å². The first-order chi connectivity index (χ1) is 9.40. The topological polar surface area (TPSA) is 63.7 Å². The molecule has 20 heavy (non-hydrogen) atoms. The van der Waals surface area contributed by atoms with E-state index < -0.39 is 9.84 Å². The van der Waals surface area contributed by atoms with Crippen molar-refractivity contribution in [3.63, 3.8) is 0 Å². The number of rotatable bonds is 5. The number of hydrogen-bond acceptors (Lipinski definition) is 4. The van der Waals surface area contributed by atoms with Crippen LogP contribution < -0.4 is 4.74 Å². The first kappa shape index (κ1) is 14.8. The predicted molar refractivity (Wildman–Crippen MR) is 76.4 cm³/mol. The summed E-state index contributed by atoms with van der Waals surface area (Å²) in [6, 6.07) is 7.67. The van der Waals surface area contributed by atoms with Crippen LogP contribution in [0.15, 0.2) is 24.3 Å². The second-order valence-electron chi connectivity index (χ2n) is 5.05. The van der Waals surface area contributed by atoms with Crippen molar-refractivity contribution in [1.82, 2.24) is 4.90 Å². The number of sulfone groups is 1. The highest BCUT2D eigenvalue weighted by Crippen LogP contribution is 2.35. The second kappa shape index (κ2) is 5.83. The zero-order valence-corrected chi connectivity index (χ0v) is 12.5. The first-order valence-electron chi connectivity index (χ1n) is 6.52. The molecule has 0 radical (unpaired) electrons. The molecule has 1 aliphatic heterocycles. The van der Waals surface area contributed by atoms with Gasteiger partial charge >= 0.3 is 0 Å². The van der Waals surface area contributed by atoms with E-state index in [0.717, 1.165) is 24.0 Å². The Morgan fingerprint density at radius 2 is 2.20 bits per heavy atom. The number of carbonyl (C=O) groups is 1. The van der Waals surface area contributed by atoms with Crippen LogP contribution >= 0.6 is 0 Å². The monoisotopic (exact) mass is 297 g/mol. The number of amides is 1. The van der Waals surface area contributed by atoms with E-state index in [9.17, 15) is 13.2 Å². The van der Waals surface area contributed by atoms with Gasteiger partial charge in [-0.1, -0.05) is 12.1 Å². The van der Waals surface area contributed by atoms with Crippen molar-refractivity contribution in [3.05, 3.63) is 29.8 Å². The molecular weight excluding hydrogens is 278 g/mol. The molecule has 0 bridgehead atoms. The van der Waals surface area contributed by atoms with Crippen LogP contribution in [0.3, 0.4) is 0 Å². The molecule has 0 N–H and O–H groups in total. The number of benzene rings is 1. The molecular formula is C14H19NO4S. The van der Waals surface area contributed by atoms with Gasteiger partial charge in [-0.3, -0.25) is 4.79 Å². The number of likely N-dealkylation sites (tertiary alicyclic amines) is 1. The highest BCUT2D eigenvalue weighted by Gasteiger charge is 2.33. The minimum absolute atomic E-state index is 0.0390. The maximum absolute atomic E-state index is 12.0. The van der Waals surface area contributed by atoms with Crippen LogP contribution in [0.1, 0.15) is 24.4 Å². The lowest BCUT2D eigenvalue weighted by Crippen LogP contribution is -2.45. The van der Waals surface area contributed by atoms with E-state index in [-0.39, 0.29) is 24.1 Å². The van der Waals surface area contributed by atoms with Crippen molar-refractivity contribution in [2.75, 3.05) is 25.7 Å². The van der Waals surface area contributed by atoms with Crippen LogP contribution in [-0.4, -0.2) is 44.9 Å². The normalized spacial score (nSPS) is 18.5. The van der Waals surface area contributed by atoms with Gasteiger partial charge in [0.25, 0.3) is 0 Å². The lowest BCUT2D eigenvalue weighted by atomic mass is 9.94.